The Balaban J connectivity index is 2.01. The summed E-state index contributed by atoms with van der Waals surface area (Å²) in [4.78, 5) is 11.1. The van der Waals surface area contributed by atoms with Gasteiger partial charge in [0.25, 0.3) is 0 Å². The molecule has 92 valence electrons. The predicted octanol–water partition coefficient (Wildman–Crippen LogP) is 3.86. The van der Waals surface area contributed by atoms with E-state index in [1.165, 1.54) is 25.7 Å². The van der Waals surface area contributed by atoms with Crippen LogP contribution in [0.2, 0.25) is 0 Å². The molecule has 0 aliphatic heterocycles. The summed E-state index contributed by atoms with van der Waals surface area (Å²) >= 11 is 0. The van der Waals surface area contributed by atoms with Crippen LogP contribution in [0.4, 0.5) is 0 Å². The lowest BCUT2D eigenvalue weighted by atomic mass is 9.86. The van der Waals surface area contributed by atoms with Gasteiger partial charge in [0.15, 0.2) is 0 Å². The van der Waals surface area contributed by atoms with Gasteiger partial charge in [0.2, 0.25) is 0 Å². The fourth-order valence-electron chi connectivity index (χ4n) is 2.22. The van der Waals surface area contributed by atoms with Crippen LogP contribution < -0.4 is 0 Å². The lowest BCUT2D eigenvalue weighted by Gasteiger charge is -2.19. The fourth-order valence-corrected chi connectivity index (χ4v) is 2.22. The Morgan fingerprint density at radius 2 is 2.31 bits per heavy atom. The van der Waals surface area contributed by atoms with E-state index in [1.54, 1.807) is 5.57 Å². The van der Waals surface area contributed by atoms with Gasteiger partial charge in [0, 0.05) is 6.42 Å². The minimum atomic E-state index is -0.0399. The highest BCUT2D eigenvalue weighted by Gasteiger charge is 2.12. The first-order valence-electron chi connectivity index (χ1n) is 6.53. The molecule has 0 unspecified atom stereocenters. The maximum absolute atomic E-state index is 11.1. The average molecular weight is 224 g/mol. The van der Waals surface area contributed by atoms with Gasteiger partial charge in [-0.2, -0.15) is 0 Å². The number of carbonyl (C=O) groups is 1. The van der Waals surface area contributed by atoms with E-state index in [0.29, 0.717) is 13.0 Å². The van der Waals surface area contributed by atoms with Crippen molar-refractivity contribution in [1.29, 1.82) is 0 Å². The minimum absolute atomic E-state index is 0.0399. The van der Waals surface area contributed by atoms with E-state index in [1.807, 2.05) is 6.92 Å². The molecule has 0 aromatic carbocycles. The number of unbranched alkanes of at least 4 members (excludes halogenated alkanes) is 1. The average Bonchev–Trinajstić information content (AvgIpc) is 2.27. The molecule has 0 amide bonds. The van der Waals surface area contributed by atoms with Crippen molar-refractivity contribution in [3.05, 3.63) is 11.6 Å². The SMILES string of the molecule is CCOC(=O)CCCC[C@H]1CC=C(C)CC1. The molecule has 0 bridgehead atoms. The molecule has 0 aromatic rings. The monoisotopic (exact) mass is 224 g/mol. The number of rotatable bonds is 6. The Labute approximate surface area is 99.1 Å². The number of allylic oxidation sites excluding steroid dienone is 2. The van der Waals surface area contributed by atoms with Crippen LogP contribution in [-0.2, 0) is 9.53 Å². The van der Waals surface area contributed by atoms with E-state index in [9.17, 15) is 4.79 Å². The third-order valence-electron chi connectivity index (χ3n) is 3.30. The van der Waals surface area contributed by atoms with Crippen LogP contribution in [-0.4, -0.2) is 12.6 Å². The van der Waals surface area contributed by atoms with Crippen LogP contribution in [0.3, 0.4) is 0 Å². The molecular formula is C14H24O2. The highest BCUT2D eigenvalue weighted by molar-refractivity contribution is 5.69. The minimum Gasteiger partial charge on any atom is -0.466 e. The Morgan fingerprint density at radius 3 is 2.94 bits per heavy atom. The summed E-state index contributed by atoms with van der Waals surface area (Å²) in [6.45, 7) is 4.58. The largest absolute Gasteiger partial charge is 0.466 e. The Bertz CT molecular complexity index is 243. The van der Waals surface area contributed by atoms with Gasteiger partial charge >= 0.3 is 5.97 Å². The summed E-state index contributed by atoms with van der Waals surface area (Å²) in [7, 11) is 0. The second-order valence-corrected chi connectivity index (χ2v) is 4.74. The number of esters is 1. The van der Waals surface area contributed by atoms with Gasteiger partial charge in [0.05, 0.1) is 6.61 Å². The molecule has 0 saturated carbocycles. The van der Waals surface area contributed by atoms with Crippen molar-refractivity contribution in [3.8, 4) is 0 Å². The molecule has 16 heavy (non-hydrogen) atoms. The van der Waals surface area contributed by atoms with Crippen LogP contribution in [0.1, 0.15) is 58.8 Å². The van der Waals surface area contributed by atoms with Gasteiger partial charge in [-0.25, -0.2) is 0 Å². The highest BCUT2D eigenvalue weighted by Crippen LogP contribution is 2.27. The summed E-state index contributed by atoms with van der Waals surface area (Å²) in [5.74, 6) is 0.813. The topological polar surface area (TPSA) is 26.3 Å². The Kier molecular flexibility index (Phi) is 6.20. The van der Waals surface area contributed by atoms with Gasteiger partial charge < -0.3 is 4.74 Å². The van der Waals surface area contributed by atoms with Crippen molar-refractivity contribution in [2.24, 2.45) is 5.92 Å². The second-order valence-electron chi connectivity index (χ2n) is 4.74. The fraction of sp³-hybridized carbons (Fsp3) is 0.786. The van der Waals surface area contributed by atoms with Gasteiger partial charge in [-0.1, -0.05) is 24.5 Å². The lowest BCUT2D eigenvalue weighted by molar-refractivity contribution is -0.143. The first-order chi connectivity index (χ1) is 7.72. The number of ether oxygens (including phenoxy) is 1. The molecule has 0 fully saturated rings. The zero-order valence-corrected chi connectivity index (χ0v) is 10.6. The molecule has 1 atom stereocenters. The van der Waals surface area contributed by atoms with Gasteiger partial charge in [-0.15, -0.1) is 0 Å². The summed E-state index contributed by atoms with van der Waals surface area (Å²) in [6.07, 6.45) is 10.2. The first kappa shape index (κ1) is 13.3. The van der Waals surface area contributed by atoms with Crippen LogP contribution in [0.5, 0.6) is 0 Å². The van der Waals surface area contributed by atoms with E-state index in [-0.39, 0.29) is 5.97 Å². The standard InChI is InChI=1S/C14H24O2/c1-3-16-14(15)7-5-4-6-13-10-8-12(2)9-11-13/h8,13H,3-7,9-11H2,1-2H3/t13-/m0/s1. The number of carbonyl (C=O) groups excluding carboxylic acids is 1. The van der Waals surface area contributed by atoms with Crippen molar-refractivity contribution in [2.75, 3.05) is 6.61 Å². The van der Waals surface area contributed by atoms with Crippen molar-refractivity contribution in [2.45, 2.75) is 58.8 Å². The van der Waals surface area contributed by atoms with Crippen LogP contribution >= 0.6 is 0 Å². The van der Waals surface area contributed by atoms with E-state index >= 15 is 0 Å². The summed E-state index contributed by atoms with van der Waals surface area (Å²) in [5, 5.41) is 0. The first-order valence-corrected chi connectivity index (χ1v) is 6.53. The molecule has 0 spiro atoms. The third kappa shape index (κ3) is 5.34. The van der Waals surface area contributed by atoms with Crippen molar-refractivity contribution < 1.29 is 9.53 Å². The maximum atomic E-state index is 11.1. The quantitative estimate of drug-likeness (QED) is 0.389. The lowest BCUT2D eigenvalue weighted by Crippen LogP contribution is -2.06. The molecule has 1 rings (SSSR count). The second kappa shape index (κ2) is 7.48. The highest BCUT2D eigenvalue weighted by atomic mass is 16.5. The molecule has 0 N–H and O–H groups in total. The Morgan fingerprint density at radius 1 is 1.50 bits per heavy atom. The van der Waals surface area contributed by atoms with Crippen molar-refractivity contribution in [3.63, 3.8) is 0 Å². The smallest absolute Gasteiger partial charge is 0.305 e. The molecule has 0 heterocycles. The molecule has 1 aliphatic rings. The maximum Gasteiger partial charge on any atom is 0.305 e. The van der Waals surface area contributed by atoms with Gasteiger partial charge in [-0.05, 0) is 45.4 Å². The third-order valence-corrected chi connectivity index (χ3v) is 3.30. The van der Waals surface area contributed by atoms with Crippen molar-refractivity contribution >= 4 is 5.97 Å². The van der Waals surface area contributed by atoms with Crippen LogP contribution in [0.25, 0.3) is 0 Å². The van der Waals surface area contributed by atoms with Crippen LogP contribution in [0.15, 0.2) is 11.6 Å². The molecule has 0 aromatic heterocycles. The predicted molar refractivity (Wildman–Crippen MR) is 66.2 cm³/mol. The Hall–Kier alpha value is -0.790. The molecule has 0 saturated heterocycles. The van der Waals surface area contributed by atoms with E-state index in [0.717, 1.165) is 18.8 Å². The van der Waals surface area contributed by atoms with Gasteiger partial charge in [-0.3, -0.25) is 4.79 Å². The van der Waals surface area contributed by atoms with E-state index in [4.69, 9.17) is 4.74 Å². The van der Waals surface area contributed by atoms with Crippen molar-refractivity contribution in [1.82, 2.24) is 0 Å². The summed E-state index contributed by atoms with van der Waals surface area (Å²) < 4.78 is 4.90. The number of hydrogen-bond acceptors (Lipinski definition) is 2. The zero-order chi connectivity index (χ0) is 11.8. The molecule has 0 radical (unpaired) electrons. The molecule has 1 aliphatic carbocycles. The molecule has 2 heteroatoms. The van der Waals surface area contributed by atoms with E-state index < -0.39 is 0 Å². The zero-order valence-electron chi connectivity index (χ0n) is 10.6. The normalized spacial score (nSPS) is 20.4. The van der Waals surface area contributed by atoms with E-state index in [2.05, 4.69) is 13.0 Å². The summed E-state index contributed by atoms with van der Waals surface area (Å²) in [6, 6.07) is 0. The van der Waals surface area contributed by atoms with Gasteiger partial charge in [0.1, 0.15) is 0 Å². The summed E-state index contributed by atoms with van der Waals surface area (Å²) in [5.41, 5.74) is 1.54. The van der Waals surface area contributed by atoms with Crippen LogP contribution in [0, 0.1) is 5.92 Å². The molecule has 2 nitrogen and oxygen atoms in total. The number of hydrogen-bond donors (Lipinski definition) is 0. The molecular weight excluding hydrogens is 200 g/mol.